The summed E-state index contributed by atoms with van der Waals surface area (Å²) in [5.74, 6) is 0.506. The zero-order chi connectivity index (χ0) is 21.2. The Hall–Kier alpha value is -3.71. The zero-order valence-electron chi connectivity index (χ0n) is 17.4. The van der Waals surface area contributed by atoms with Gasteiger partial charge in [0.2, 0.25) is 0 Å². The predicted octanol–water partition coefficient (Wildman–Crippen LogP) is 3.63. The van der Waals surface area contributed by atoms with Crippen LogP contribution in [-0.2, 0) is 0 Å². The fraction of sp³-hybridized carbons (Fsp3) is 0.208. The smallest absolute Gasteiger partial charge is 0.257 e. The fourth-order valence-corrected chi connectivity index (χ4v) is 3.85. The highest BCUT2D eigenvalue weighted by Crippen LogP contribution is 2.25. The number of benzene rings is 2. The van der Waals surface area contributed by atoms with Crippen molar-refractivity contribution in [1.82, 2.24) is 19.9 Å². The average Bonchev–Trinajstić information content (AvgIpc) is 3.25. The number of para-hydroxylation sites is 1. The molecule has 31 heavy (non-hydrogen) atoms. The first-order chi connectivity index (χ1) is 15.2. The number of nitrogens with one attached hydrogen (secondary N) is 2. The van der Waals surface area contributed by atoms with Crippen molar-refractivity contribution in [3.05, 3.63) is 72.4 Å². The molecule has 2 aromatic carbocycles. The molecule has 1 aliphatic heterocycles. The van der Waals surface area contributed by atoms with Gasteiger partial charge in [0.25, 0.3) is 5.91 Å². The Bertz CT molecular complexity index is 1190. The molecule has 0 aliphatic carbocycles. The second-order valence-electron chi connectivity index (χ2n) is 7.80. The van der Waals surface area contributed by atoms with Crippen molar-refractivity contribution in [2.45, 2.75) is 0 Å². The van der Waals surface area contributed by atoms with Crippen LogP contribution in [0.1, 0.15) is 10.4 Å². The van der Waals surface area contributed by atoms with Gasteiger partial charge in [0, 0.05) is 49.3 Å². The summed E-state index contributed by atoms with van der Waals surface area (Å²) in [6.45, 7) is 4.21. The van der Waals surface area contributed by atoms with Crippen molar-refractivity contribution in [3.8, 4) is 11.4 Å². The van der Waals surface area contributed by atoms with E-state index in [2.05, 4.69) is 61.4 Å². The molecule has 0 atom stereocenters. The molecule has 0 saturated carbocycles. The van der Waals surface area contributed by atoms with Crippen molar-refractivity contribution in [3.63, 3.8) is 0 Å². The second-order valence-corrected chi connectivity index (χ2v) is 7.80. The maximum absolute atomic E-state index is 12.8. The molecule has 2 aromatic heterocycles. The third-order valence-corrected chi connectivity index (χ3v) is 5.68. The number of likely N-dealkylation sites (N-methyl/N-ethyl adjacent to an activating group) is 1. The lowest BCUT2D eigenvalue weighted by molar-refractivity contribution is 0.102. The second kappa shape index (κ2) is 8.20. The van der Waals surface area contributed by atoms with Crippen LogP contribution in [0.4, 0.5) is 11.4 Å². The van der Waals surface area contributed by atoms with Gasteiger partial charge in [-0.15, -0.1) is 0 Å². The minimum Gasteiger partial charge on any atom is -0.369 e. The van der Waals surface area contributed by atoms with Gasteiger partial charge in [-0.2, -0.15) is 0 Å². The van der Waals surface area contributed by atoms with Crippen LogP contribution in [0, 0.1) is 0 Å². The Kier molecular flexibility index (Phi) is 5.09. The molecular weight excluding hydrogens is 388 g/mol. The van der Waals surface area contributed by atoms with Crippen molar-refractivity contribution in [1.29, 1.82) is 0 Å². The monoisotopic (exact) mass is 412 g/mol. The quantitative estimate of drug-likeness (QED) is 0.535. The van der Waals surface area contributed by atoms with E-state index in [1.165, 1.54) is 5.69 Å². The average molecular weight is 412 g/mol. The van der Waals surface area contributed by atoms with E-state index in [-0.39, 0.29) is 5.91 Å². The van der Waals surface area contributed by atoms with Gasteiger partial charge in [-0.25, -0.2) is 9.97 Å². The number of anilines is 2. The van der Waals surface area contributed by atoms with Crippen LogP contribution >= 0.6 is 0 Å². The number of aromatic amines is 1. The molecule has 0 spiro atoms. The van der Waals surface area contributed by atoms with Crippen molar-refractivity contribution < 1.29 is 4.79 Å². The van der Waals surface area contributed by atoms with Gasteiger partial charge in [0.1, 0.15) is 5.82 Å². The largest absolute Gasteiger partial charge is 0.369 e. The molecular formula is C24H24N6O. The number of hydrogen-bond donors (Lipinski definition) is 2. The lowest BCUT2D eigenvalue weighted by Gasteiger charge is -2.34. The van der Waals surface area contributed by atoms with Crippen LogP contribution in [0.2, 0.25) is 0 Å². The molecule has 2 N–H and O–H groups in total. The normalized spacial score (nSPS) is 14.7. The number of carbonyl (C=O) groups is 1. The molecule has 3 heterocycles. The number of carbonyl (C=O) groups excluding carboxylic acids is 1. The van der Waals surface area contributed by atoms with Crippen LogP contribution in [0.15, 0.2) is 66.9 Å². The number of nitrogens with zero attached hydrogens (tertiary/aromatic N) is 4. The molecule has 1 fully saturated rings. The van der Waals surface area contributed by atoms with Gasteiger partial charge < -0.3 is 20.1 Å². The van der Waals surface area contributed by atoms with Gasteiger partial charge in [-0.3, -0.25) is 4.79 Å². The highest BCUT2D eigenvalue weighted by molar-refractivity contribution is 6.11. The molecule has 0 radical (unpaired) electrons. The van der Waals surface area contributed by atoms with E-state index in [1.807, 2.05) is 30.3 Å². The number of pyridine rings is 1. The van der Waals surface area contributed by atoms with Crippen molar-refractivity contribution in [2.24, 2.45) is 0 Å². The molecule has 1 saturated heterocycles. The Labute approximate surface area is 180 Å². The Morgan fingerprint density at radius 2 is 1.71 bits per heavy atom. The summed E-state index contributed by atoms with van der Waals surface area (Å²) in [5, 5.41) is 2.92. The van der Waals surface area contributed by atoms with E-state index >= 15 is 0 Å². The molecule has 5 rings (SSSR count). The predicted molar refractivity (Wildman–Crippen MR) is 123 cm³/mol. The van der Waals surface area contributed by atoms with Gasteiger partial charge in [0.05, 0.1) is 11.1 Å². The molecule has 0 unspecified atom stereocenters. The van der Waals surface area contributed by atoms with Crippen LogP contribution in [0.25, 0.3) is 22.6 Å². The number of rotatable bonds is 4. The maximum Gasteiger partial charge on any atom is 0.257 e. The minimum absolute atomic E-state index is 0.195. The number of fused-ring (bicyclic) bond motifs is 1. The number of hydrogen-bond acceptors (Lipinski definition) is 5. The molecule has 156 valence electrons. The van der Waals surface area contributed by atoms with E-state index in [1.54, 1.807) is 12.3 Å². The van der Waals surface area contributed by atoms with E-state index in [4.69, 9.17) is 0 Å². The van der Waals surface area contributed by atoms with E-state index in [9.17, 15) is 4.79 Å². The summed E-state index contributed by atoms with van der Waals surface area (Å²) >= 11 is 0. The first-order valence-corrected chi connectivity index (χ1v) is 10.4. The van der Waals surface area contributed by atoms with Crippen molar-refractivity contribution >= 4 is 28.4 Å². The topological polar surface area (TPSA) is 77.2 Å². The molecule has 7 heteroatoms. The summed E-state index contributed by atoms with van der Waals surface area (Å²) in [6, 6.07) is 19.5. The van der Waals surface area contributed by atoms with Crippen molar-refractivity contribution in [2.75, 3.05) is 43.4 Å². The van der Waals surface area contributed by atoms with Gasteiger partial charge in [-0.05, 0) is 49.5 Å². The zero-order valence-corrected chi connectivity index (χ0v) is 17.4. The SMILES string of the molecule is CN1CCN(c2ccc(-c3nc4nccc(C(=O)Nc5ccccc5)c4[nH]3)cc2)CC1. The van der Waals surface area contributed by atoms with Crippen LogP contribution in [0.5, 0.6) is 0 Å². The molecule has 7 nitrogen and oxygen atoms in total. The third kappa shape index (κ3) is 4.00. The summed E-state index contributed by atoms with van der Waals surface area (Å²) in [5.41, 5.74) is 4.60. The van der Waals surface area contributed by atoms with Crippen LogP contribution in [-0.4, -0.2) is 59.0 Å². The first-order valence-electron chi connectivity index (χ1n) is 10.4. The Balaban J connectivity index is 1.40. The summed E-state index contributed by atoms with van der Waals surface area (Å²) < 4.78 is 0. The minimum atomic E-state index is -0.195. The van der Waals surface area contributed by atoms with Gasteiger partial charge >= 0.3 is 0 Å². The van der Waals surface area contributed by atoms with E-state index in [0.717, 1.165) is 37.4 Å². The number of imidazole rings is 1. The Morgan fingerprint density at radius 1 is 0.968 bits per heavy atom. The lowest BCUT2D eigenvalue weighted by atomic mass is 10.1. The summed E-state index contributed by atoms with van der Waals surface area (Å²) in [4.78, 5) is 29.8. The lowest BCUT2D eigenvalue weighted by Crippen LogP contribution is -2.44. The highest BCUT2D eigenvalue weighted by Gasteiger charge is 2.17. The summed E-state index contributed by atoms with van der Waals surface area (Å²) in [6.07, 6.45) is 1.61. The van der Waals surface area contributed by atoms with Crippen LogP contribution < -0.4 is 10.2 Å². The van der Waals surface area contributed by atoms with E-state index < -0.39 is 0 Å². The third-order valence-electron chi connectivity index (χ3n) is 5.68. The van der Waals surface area contributed by atoms with Crippen LogP contribution in [0.3, 0.4) is 0 Å². The number of aromatic nitrogens is 3. The summed E-state index contributed by atoms with van der Waals surface area (Å²) in [7, 11) is 2.16. The fourth-order valence-electron chi connectivity index (χ4n) is 3.85. The Morgan fingerprint density at radius 3 is 2.45 bits per heavy atom. The highest BCUT2D eigenvalue weighted by atomic mass is 16.1. The van der Waals surface area contributed by atoms with E-state index in [0.29, 0.717) is 22.6 Å². The molecule has 1 aliphatic rings. The molecule has 4 aromatic rings. The maximum atomic E-state index is 12.8. The number of H-pyrrole nitrogens is 1. The van der Waals surface area contributed by atoms with Gasteiger partial charge in [0.15, 0.2) is 5.65 Å². The first kappa shape index (κ1) is 19.3. The standard InChI is InChI=1S/C24H24N6O/c1-29-13-15-30(16-14-29)19-9-7-17(8-10-19)22-27-21-20(11-12-25-23(21)28-22)24(31)26-18-5-3-2-4-6-18/h2-12H,13-16H2,1H3,(H,26,31)(H,25,27,28). The molecule has 0 bridgehead atoms. The number of piperazine rings is 1. The number of amides is 1. The van der Waals surface area contributed by atoms with Gasteiger partial charge in [-0.1, -0.05) is 18.2 Å². The molecule has 1 amide bonds.